The van der Waals surface area contributed by atoms with Gasteiger partial charge in [0, 0.05) is 13.5 Å². The van der Waals surface area contributed by atoms with Gasteiger partial charge < -0.3 is 0 Å². The van der Waals surface area contributed by atoms with Gasteiger partial charge in [0.1, 0.15) is 5.84 Å². The van der Waals surface area contributed by atoms with Gasteiger partial charge in [-0.25, -0.2) is 5.53 Å². The van der Waals surface area contributed by atoms with E-state index in [1.807, 2.05) is 12.1 Å². The monoisotopic (exact) mass is 156 g/mol. The molecule has 2 N–H and O–H groups in total. The second-order valence-corrected chi connectivity index (χ2v) is 2.77. The molecule has 1 heterocycles. The van der Waals surface area contributed by atoms with Crippen LogP contribution in [-0.2, 0) is 0 Å². The molecule has 0 aliphatic carbocycles. The summed E-state index contributed by atoms with van der Waals surface area (Å²) in [6.07, 6.45) is 4.83. The largest absolute Gasteiger partial charge is 0.278 e. The third-order valence-corrected chi connectivity index (χ3v) is 1.79. The molecule has 1 rings (SSSR count). The first kappa shape index (κ1) is 8.33. The highest BCUT2D eigenvalue weighted by Gasteiger charge is 2.09. The molecule has 0 aromatic carbocycles. The molecular formula is C7H16N4. The first-order valence-corrected chi connectivity index (χ1v) is 4.15. The SMILES string of the molecule is CCCCCC1=NNNN1C. The van der Waals surface area contributed by atoms with Gasteiger partial charge >= 0.3 is 0 Å². The van der Waals surface area contributed by atoms with E-state index >= 15 is 0 Å². The van der Waals surface area contributed by atoms with Gasteiger partial charge in [-0.05, 0) is 6.42 Å². The first-order valence-electron chi connectivity index (χ1n) is 4.15. The number of rotatable bonds is 4. The fourth-order valence-corrected chi connectivity index (χ4v) is 1.06. The van der Waals surface area contributed by atoms with Crippen LogP contribution in [0.1, 0.15) is 32.6 Å². The number of amidine groups is 1. The Bertz CT molecular complexity index is 143. The second-order valence-electron chi connectivity index (χ2n) is 2.77. The zero-order chi connectivity index (χ0) is 8.10. The lowest BCUT2D eigenvalue weighted by atomic mass is 10.2. The molecular weight excluding hydrogens is 140 g/mol. The smallest absolute Gasteiger partial charge is 0.141 e. The molecule has 11 heavy (non-hydrogen) atoms. The summed E-state index contributed by atoms with van der Waals surface area (Å²) in [7, 11) is 1.96. The van der Waals surface area contributed by atoms with Crippen molar-refractivity contribution in [3.05, 3.63) is 0 Å². The maximum Gasteiger partial charge on any atom is 0.141 e. The zero-order valence-corrected chi connectivity index (χ0v) is 7.22. The van der Waals surface area contributed by atoms with Crippen LogP contribution in [0.25, 0.3) is 0 Å². The number of nitrogens with zero attached hydrogens (tertiary/aromatic N) is 2. The van der Waals surface area contributed by atoms with Crippen molar-refractivity contribution < 1.29 is 0 Å². The van der Waals surface area contributed by atoms with Crippen LogP contribution >= 0.6 is 0 Å². The van der Waals surface area contributed by atoms with Crippen LogP contribution in [0.3, 0.4) is 0 Å². The fraction of sp³-hybridized carbons (Fsp3) is 0.857. The Labute approximate surface area is 67.6 Å². The molecule has 0 bridgehead atoms. The Morgan fingerprint density at radius 3 is 2.82 bits per heavy atom. The second kappa shape index (κ2) is 4.18. The summed E-state index contributed by atoms with van der Waals surface area (Å²) >= 11 is 0. The van der Waals surface area contributed by atoms with Crippen molar-refractivity contribution in [2.75, 3.05) is 7.05 Å². The molecule has 4 nitrogen and oxygen atoms in total. The first-order chi connectivity index (χ1) is 5.34. The summed E-state index contributed by atoms with van der Waals surface area (Å²) in [4.78, 5) is 0. The van der Waals surface area contributed by atoms with Crippen molar-refractivity contribution in [3.63, 3.8) is 0 Å². The molecule has 4 heteroatoms. The highest BCUT2D eigenvalue weighted by molar-refractivity contribution is 5.82. The summed E-state index contributed by atoms with van der Waals surface area (Å²) in [5.41, 5.74) is 5.59. The van der Waals surface area contributed by atoms with Crippen LogP contribution in [0.15, 0.2) is 5.10 Å². The van der Waals surface area contributed by atoms with Crippen LogP contribution < -0.4 is 11.1 Å². The van der Waals surface area contributed by atoms with Crippen LogP contribution in [0.4, 0.5) is 0 Å². The average molecular weight is 156 g/mol. The van der Waals surface area contributed by atoms with Gasteiger partial charge in [-0.3, -0.25) is 5.01 Å². The highest BCUT2D eigenvalue weighted by Crippen LogP contribution is 2.03. The van der Waals surface area contributed by atoms with Gasteiger partial charge in [0.25, 0.3) is 0 Å². The normalized spacial score (nSPS) is 16.5. The quantitative estimate of drug-likeness (QED) is 0.592. The predicted octanol–water partition coefficient (Wildman–Crippen LogP) is 0.835. The van der Waals surface area contributed by atoms with Gasteiger partial charge in [0.05, 0.1) is 0 Å². The average Bonchev–Trinajstić information content (AvgIpc) is 2.37. The van der Waals surface area contributed by atoms with Crippen molar-refractivity contribution in [1.82, 2.24) is 16.1 Å². The highest BCUT2D eigenvalue weighted by atomic mass is 15.8. The molecule has 0 atom stereocenters. The Kier molecular flexibility index (Phi) is 3.16. The minimum absolute atomic E-state index is 1.06. The van der Waals surface area contributed by atoms with Crippen LogP contribution in [0, 0.1) is 0 Å². The number of hydrogen-bond donors (Lipinski definition) is 2. The van der Waals surface area contributed by atoms with E-state index in [-0.39, 0.29) is 0 Å². The third-order valence-electron chi connectivity index (χ3n) is 1.79. The molecule has 1 aliphatic rings. The lowest BCUT2D eigenvalue weighted by molar-refractivity contribution is 0.344. The van der Waals surface area contributed by atoms with Gasteiger partial charge in [0.2, 0.25) is 0 Å². The molecule has 0 unspecified atom stereocenters. The van der Waals surface area contributed by atoms with Crippen LogP contribution in [-0.4, -0.2) is 17.9 Å². The molecule has 0 aromatic heterocycles. The molecule has 0 spiro atoms. The number of hydrogen-bond acceptors (Lipinski definition) is 4. The molecule has 0 saturated heterocycles. The zero-order valence-electron chi connectivity index (χ0n) is 7.22. The van der Waals surface area contributed by atoms with E-state index < -0.39 is 0 Å². The van der Waals surface area contributed by atoms with E-state index in [4.69, 9.17) is 0 Å². The van der Waals surface area contributed by atoms with Gasteiger partial charge in [-0.2, -0.15) is 0 Å². The van der Waals surface area contributed by atoms with E-state index in [0.29, 0.717) is 0 Å². The predicted molar refractivity (Wildman–Crippen MR) is 45.6 cm³/mol. The number of unbranched alkanes of at least 4 members (excludes halogenated alkanes) is 2. The summed E-state index contributed by atoms with van der Waals surface area (Å²) in [6, 6.07) is 0. The van der Waals surface area contributed by atoms with E-state index in [9.17, 15) is 0 Å². The lowest BCUT2D eigenvalue weighted by Crippen LogP contribution is -2.37. The van der Waals surface area contributed by atoms with Crippen molar-refractivity contribution in [1.29, 1.82) is 0 Å². The molecule has 0 fully saturated rings. The van der Waals surface area contributed by atoms with Crippen molar-refractivity contribution in [2.45, 2.75) is 32.6 Å². The Hall–Kier alpha value is -0.770. The van der Waals surface area contributed by atoms with E-state index in [1.54, 1.807) is 0 Å². The Morgan fingerprint density at radius 1 is 1.45 bits per heavy atom. The summed E-state index contributed by atoms with van der Waals surface area (Å²) in [5, 5.41) is 5.98. The van der Waals surface area contributed by atoms with E-state index in [1.165, 1.54) is 19.3 Å². The standard InChI is InChI=1S/C7H16N4/c1-3-4-5-6-7-8-9-10-11(7)2/h9-10H,3-6H2,1-2H3. The maximum atomic E-state index is 4.07. The number of hydrazone groups is 1. The molecule has 0 amide bonds. The van der Waals surface area contributed by atoms with Crippen LogP contribution in [0.5, 0.6) is 0 Å². The van der Waals surface area contributed by atoms with Crippen molar-refractivity contribution in [2.24, 2.45) is 5.10 Å². The van der Waals surface area contributed by atoms with Gasteiger partial charge in [-0.15, -0.1) is 10.6 Å². The number of hydrazine groups is 2. The number of nitrogens with one attached hydrogen (secondary N) is 2. The minimum Gasteiger partial charge on any atom is -0.278 e. The minimum atomic E-state index is 1.06. The van der Waals surface area contributed by atoms with E-state index in [2.05, 4.69) is 23.1 Å². The Morgan fingerprint density at radius 2 is 2.27 bits per heavy atom. The Balaban J connectivity index is 2.15. The summed E-state index contributed by atoms with van der Waals surface area (Å²) in [5.74, 6) is 1.10. The van der Waals surface area contributed by atoms with Crippen LogP contribution in [0.2, 0.25) is 0 Å². The maximum absolute atomic E-state index is 4.07. The summed E-state index contributed by atoms with van der Waals surface area (Å²) < 4.78 is 0. The molecule has 1 aliphatic heterocycles. The van der Waals surface area contributed by atoms with Gasteiger partial charge in [-0.1, -0.05) is 19.8 Å². The molecule has 0 aromatic rings. The molecule has 64 valence electrons. The third kappa shape index (κ3) is 2.38. The lowest BCUT2D eigenvalue weighted by Gasteiger charge is -2.11. The fourth-order valence-electron chi connectivity index (χ4n) is 1.06. The summed E-state index contributed by atoms with van der Waals surface area (Å²) in [6.45, 7) is 2.21. The van der Waals surface area contributed by atoms with Crippen molar-refractivity contribution in [3.8, 4) is 0 Å². The topological polar surface area (TPSA) is 39.7 Å². The molecule has 0 saturated carbocycles. The van der Waals surface area contributed by atoms with Crippen molar-refractivity contribution >= 4 is 5.84 Å². The van der Waals surface area contributed by atoms with Gasteiger partial charge in [0.15, 0.2) is 0 Å². The molecule has 0 radical (unpaired) electrons. The van der Waals surface area contributed by atoms with E-state index in [0.717, 1.165) is 12.3 Å².